The van der Waals surface area contributed by atoms with Crippen LogP contribution in [-0.2, 0) is 0 Å². The van der Waals surface area contributed by atoms with E-state index in [0.29, 0.717) is 6.54 Å². The summed E-state index contributed by atoms with van der Waals surface area (Å²) in [6.07, 6.45) is 7.00. The van der Waals surface area contributed by atoms with Crippen LogP contribution >= 0.6 is 0 Å². The third-order valence-corrected chi connectivity index (χ3v) is 6.75. The number of benzene rings is 1. The molecule has 3 aromatic heterocycles. The molecule has 1 fully saturated rings. The summed E-state index contributed by atoms with van der Waals surface area (Å²) in [4.78, 5) is 15.4. The molecule has 0 saturated carbocycles. The van der Waals surface area contributed by atoms with Crippen molar-refractivity contribution in [1.29, 1.82) is 0 Å². The molecule has 1 amide bonds. The van der Waals surface area contributed by atoms with E-state index in [0.717, 1.165) is 59.5 Å². The number of carbonyl (C=O) groups is 1. The molecule has 0 spiro atoms. The van der Waals surface area contributed by atoms with Gasteiger partial charge in [-0.1, -0.05) is 6.92 Å². The Morgan fingerprint density at radius 3 is 2.79 bits per heavy atom. The lowest BCUT2D eigenvalue weighted by molar-refractivity contribution is 0.0986. The number of H-pyrrole nitrogens is 1. The van der Waals surface area contributed by atoms with Gasteiger partial charge in [-0.05, 0) is 56.5 Å². The van der Waals surface area contributed by atoms with Crippen LogP contribution in [0.15, 0.2) is 48.9 Å². The van der Waals surface area contributed by atoms with Crippen molar-refractivity contribution in [2.24, 2.45) is 0 Å². The van der Waals surface area contributed by atoms with Gasteiger partial charge in [-0.15, -0.1) is 10.2 Å². The fraction of sp³-hybridized carbons (Fsp3) is 0.375. The summed E-state index contributed by atoms with van der Waals surface area (Å²) >= 11 is 0. The number of likely N-dealkylation sites (tertiary alicyclic amines) is 1. The zero-order chi connectivity index (χ0) is 23.7. The number of nitrogens with one attached hydrogen (secondary N) is 1. The van der Waals surface area contributed by atoms with E-state index in [1.54, 1.807) is 17.3 Å². The molecule has 10 heteroatoms. The third-order valence-electron chi connectivity index (χ3n) is 6.75. The first-order valence-electron chi connectivity index (χ1n) is 11.7. The molecule has 0 aliphatic carbocycles. The topological polar surface area (TPSA) is 116 Å². The molecule has 2 N–H and O–H groups in total. The van der Waals surface area contributed by atoms with E-state index < -0.39 is 6.09 Å². The first kappa shape index (κ1) is 21.9. The second kappa shape index (κ2) is 9.12. The number of anilines is 1. The Kier molecular flexibility index (Phi) is 5.87. The first-order chi connectivity index (χ1) is 16.6. The van der Waals surface area contributed by atoms with Crippen molar-refractivity contribution in [3.8, 4) is 16.9 Å². The Bertz CT molecular complexity index is 1270. The van der Waals surface area contributed by atoms with Crippen molar-refractivity contribution >= 4 is 22.8 Å². The maximum absolute atomic E-state index is 11.6. The quantitative estimate of drug-likeness (QED) is 0.447. The maximum Gasteiger partial charge on any atom is 0.407 e. The van der Waals surface area contributed by atoms with Gasteiger partial charge in [0.1, 0.15) is 0 Å². The Hall–Kier alpha value is -3.95. The van der Waals surface area contributed by atoms with Crippen LogP contribution in [0.5, 0.6) is 0 Å². The predicted octanol–water partition coefficient (Wildman–Crippen LogP) is 3.95. The smallest absolute Gasteiger partial charge is 0.407 e. The molecule has 176 valence electrons. The number of rotatable bonds is 6. The Morgan fingerprint density at radius 2 is 2.12 bits per heavy atom. The van der Waals surface area contributed by atoms with E-state index in [1.807, 2.05) is 48.1 Å². The van der Waals surface area contributed by atoms with Crippen LogP contribution in [0.1, 0.15) is 33.1 Å². The van der Waals surface area contributed by atoms with Gasteiger partial charge in [0.15, 0.2) is 5.82 Å². The Labute approximate surface area is 197 Å². The monoisotopic (exact) mass is 460 g/mol. The second-order valence-corrected chi connectivity index (χ2v) is 8.52. The molecule has 5 rings (SSSR count). The number of amides is 1. The standard InChI is InChI=1S/C24H28N8O2/c1-3-16-14-17(10-13-31(16)24(33)34)30(4-2)22-9-7-20(27-28-22)18-6-8-21(32-12-5-11-26-32)19-15-25-29-23(18)19/h5-9,11-12,15-17H,3-4,10,13-14H2,1-2H3,(H,25,29)(H,33,34). The summed E-state index contributed by atoms with van der Waals surface area (Å²) in [5.41, 5.74) is 3.51. The number of hydrogen-bond donors (Lipinski definition) is 2. The lowest BCUT2D eigenvalue weighted by Crippen LogP contribution is -2.51. The van der Waals surface area contributed by atoms with E-state index >= 15 is 0 Å². The molecule has 2 unspecified atom stereocenters. The maximum atomic E-state index is 11.6. The lowest BCUT2D eigenvalue weighted by Gasteiger charge is -2.42. The number of aromatic nitrogens is 6. The number of fused-ring (bicyclic) bond motifs is 1. The minimum atomic E-state index is -0.832. The summed E-state index contributed by atoms with van der Waals surface area (Å²) in [6, 6.07) is 10.1. The van der Waals surface area contributed by atoms with Crippen LogP contribution in [-0.4, -0.2) is 71.4 Å². The minimum absolute atomic E-state index is 0.0273. The van der Waals surface area contributed by atoms with Gasteiger partial charge in [-0.25, -0.2) is 9.48 Å². The molecule has 0 bridgehead atoms. The fourth-order valence-corrected chi connectivity index (χ4v) is 5.03. The van der Waals surface area contributed by atoms with E-state index in [2.05, 4.69) is 37.3 Å². The van der Waals surface area contributed by atoms with Gasteiger partial charge in [-0.2, -0.15) is 10.2 Å². The van der Waals surface area contributed by atoms with Gasteiger partial charge in [0.25, 0.3) is 0 Å². The van der Waals surface area contributed by atoms with Crippen LogP contribution in [0.4, 0.5) is 10.6 Å². The van der Waals surface area contributed by atoms with Gasteiger partial charge in [0.05, 0.1) is 23.1 Å². The molecular weight excluding hydrogens is 432 g/mol. The average molecular weight is 461 g/mol. The molecule has 1 aromatic carbocycles. The fourth-order valence-electron chi connectivity index (χ4n) is 5.03. The highest BCUT2D eigenvalue weighted by atomic mass is 16.4. The molecule has 34 heavy (non-hydrogen) atoms. The number of piperidine rings is 1. The summed E-state index contributed by atoms with van der Waals surface area (Å²) in [5.74, 6) is 0.809. The van der Waals surface area contributed by atoms with Crippen molar-refractivity contribution in [3.63, 3.8) is 0 Å². The predicted molar refractivity (Wildman–Crippen MR) is 129 cm³/mol. The van der Waals surface area contributed by atoms with Crippen molar-refractivity contribution in [3.05, 3.63) is 48.9 Å². The zero-order valence-corrected chi connectivity index (χ0v) is 19.3. The second-order valence-electron chi connectivity index (χ2n) is 8.52. The molecule has 2 atom stereocenters. The van der Waals surface area contributed by atoms with Crippen LogP contribution in [0.3, 0.4) is 0 Å². The van der Waals surface area contributed by atoms with E-state index in [9.17, 15) is 9.90 Å². The van der Waals surface area contributed by atoms with Crippen LogP contribution in [0, 0.1) is 0 Å². The van der Waals surface area contributed by atoms with Crippen molar-refractivity contribution in [2.45, 2.75) is 45.2 Å². The minimum Gasteiger partial charge on any atom is -0.465 e. The highest BCUT2D eigenvalue weighted by Gasteiger charge is 2.33. The molecule has 1 aliphatic rings. The average Bonchev–Trinajstić information content (AvgIpc) is 3.57. The molecule has 4 heterocycles. The van der Waals surface area contributed by atoms with E-state index in [4.69, 9.17) is 0 Å². The van der Waals surface area contributed by atoms with Gasteiger partial charge in [-0.3, -0.25) is 5.10 Å². The molecular formula is C24H28N8O2. The SMILES string of the molecule is CCC1CC(N(CC)c2ccc(-c3ccc(-n4cccn4)c4cn[nH]c34)nn2)CCN1C(=O)O. The molecule has 0 radical (unpaired) electrons. The highest BCUT2D eigenvalue weighted by Crippen LogP contribution is 2.31. The van der Waals surface area contributed by atoms with Gasteiger partial charge in [0.2, 0.25) is 0 Å². The number of aromatic amines is 1. The Morgan fingerprint density at radius 1 is 1.24 bits per heavy atom. The van der Waals surface area contributed by atoms with Gasteiger partial charge >= 0.3 is 6.09 Å². The zero-order valence-electron chi connectivity index (χ0n) is 19.3. The Balaban J connectivity index is 1.41. The normalized spacial score (nSPS) is 18.4. The van der Waals surface area contributed by atoms with E-state index in [-0.39, 0.29) is 12.1 Å². The summed E-state index contributed by atoms with van der Waals surface area (Å²) in [6.45, 7) is 5.47. The number of carboxylic acid groups (broad SMARTS) is 1. The summed E-state index contributed by atoms with van der Waals surface area (Å²) in [5, 5.41) is 31.2. The number of nitrogens with zero attached hydrogens (tertiary/aromatic N) is 7. The molecule has 1 saturated heterocycles. The van der Waals surface area contributed by atoms with Gasteiger partial charge < -0.3 is 14.9 Å². The van der Waals surface area contributed by atoms with Gasteiger partial charge in [0, 0.05) is 48.5 Å². The third kappa shape index (κ3) is 3.85. The summed E-state index contributed by atoms with van der Waals surface area (Å²) < 4.78 is 1.81. The first-order valence-corrected chi connectivity index (χ1v) is 11.7. The highest BCUT2D eigenvalue weighted by molar-refractivity contribution is 5.97. The summed E-state index contributed by atoms with van der Waals surface area (Å²) in [7, 11) is 0. The number of hydrogen-bond acceptors (Lipinski definition) is 6. The largest absolute Gasteiger partial charge is 0.465 e. The molecule has 4 aromatic rings. The van der Waals surface area contributed by atoms with Crippen molar-refractivity contribution in [2.75, 3.05) is 18.0 Å². The van der Waals surface area contributed by atoms with Crippen LogP contribution in [0.25, 0.3) is 27.8 Å². The van der Waals surface area contributed by atoms with E-state index in [1.165, 1.54) is 0 Å². The van der Waals surface area contributed by atoms with Crippen LogP contribution in [0.2, 0.25) is 0 Å². The lowest BCUT2D eigenvalue weighted by atomic mass is 9.94. The molecule has 1 aliphatic heterocycles. The van der Waals surface area contributed by atoms with Crippen molar-refractivity contribution in [1.82, 2.24) is 35.1 Å². The van der Waals surface area contributed by atoms with Crippen molar-refractivity contribution < 1.29 is 9.90 Å². The van der Waals surface area contributed by atoms with Crippen LogP contribution < -0.4 is 4.90 Å². The molecule has 10 nitrogen and oxygen atoms in total.